The average molecular weight is 433 g/mol. The zero-order valence-electron chi connectivity index (χ0n) is 16.4. The monoisotopic (exact) mass is 433 g/mol. The number of alkyl halides is 3. The van der Waals surface area contributed by atoms with E-state index in [1.165, 1.54) is 22.9 Å². The van der Waals surface area contributed by atoms with Crippen LogP contribution in [0, 0.1) is 0 Å². The van der Waals surface area contributed by atoms with E-state index in [-0.39, 0.29) is 23.0 Å². The van der Waals surface area contributed by atoms with Gasteiger partial charge in [-0.25, -0.2) is 0 Å². The number of halogens is 3. The van der Waals surface area contributed by atoms with Crippen LogP contribution in [-0.4, -0.2) is 14.5 Å². The van der Waals surface area contributed by atoms with E-state index in [4.69, 9.17) is 4.42 Å². The van der Waals surface area contributed by atoms with Crippen molar-refractivity contribution in [2.75, 3.05) is 0 Å². The number of aromatic nitrogens is 3. The lowest BCUT2D eigenvalue weighted by molar-refractivity contribution is -0.137. The Labute approximate surface area is 179 Å². The molecule has 5 nitrogen and oxygen atoms in total. The lowest BCUT2D eigenvalue weighted by atomic mass is 10.1. The molecule has 158 valence electrons. The number of hydrogen-bond donors (Lipinski definition) is 0. The second-order valence-corrected chi connectivity index (χ2v) is 7.05. The van der Waals surface area contributed by atoms with Gasteiger partial charge >= 0.3 is 6.18 Å². The van der Waals surface area contributed by atoms with Gasteiger partial charge in [-0.15, -0.1) is 0 Å². The molecule has 0 saturated carbocycles. The van der Waals surface area contributed by atoms with Crippen molar-refractivity contribution >= 4 is 10.9 Å². The summed E-state index contributed by atoms with van der Waals surface area (Å²) in [7, 11) is 0. The molecular formula is C24H14F3N3O2. The van der Waals surface area contributed by atoms with Crippen molar-refractivity contribution in [3.8, 4) is 28.6 Å². The molecule has 8 heteroatoms. The summed E-state index contributed by atoms with van der Waals surface area (Å²) < 4.78 is 46.3. The molecule has 0 radical (unpaired) electrons. The molecule has 0 saturated heterocycles. The van der Waals surface area contributed by atoms with Gasteiger partial charge in [-0.05, 0) is 36.4 Å². The molecule has 0 atom stereocenters. The lowest BCUT2D eigenvalue weighted by Crippen LogP contribution is -2.19. The minimum atomic E-state index is -4.46. The number of hydrogen-bond acceptors (Lipinski definition) is 4. The second-order valence-electron chi connectivity index (χ2n) is 7.05. The van der Waals surface area contributed by atoms with Crippen LogP contribution in [0.4, 0.5) is 13.2 Å². The fourth-order valence-electron chi connectivity index (χ4n) is 3.41. The lowest BCUT2D eigenvalue weighted by Gasteiger charge is -2.08. The van der Waals surface area contributed by atoms with Crippen molar-refractivity contribution in [3.63, 3.8) is 0 Å². The number of fused-ring (bicyclic) bond motifs is 1. The Hall–Kier alpha value is -4.20. The van der Waals surface area contributed by atoms with E-state index < -0.39 is 17.3 Å². The fraction of sp³-hybridized carbons (Fsp3) is 0.0417. The highest BCUT2D eigenvalue weighted by Gasteiger charge is 2.30. The molecule has 0 unspecified atom stereocenters. The minimum Gasteiger partial charge on any atom is -0.434 e. The Kier molecular flexibility index (Phi) is 4.62. The number of pyridine rings is 2. The number of benzene rings is 2. The molecule has 3 aromatic heterocycles. The van der Waals surface area contributed by atoms with E-state index in [9.17, 15) is 18.0 Å². The number of oxazole rings is 1. The third kappa shape index (κ3) is 3.45. The van der Waals surface area contributed by atoms with E-state index in [1.807, 2.05) is 18.2 Å². The third-order valence-corrected chi connectivity index (χ3v) is 5.00. The summed E-state index contributed by atoms with van der Waals surface area (Å²) in [4.78, 5) is 21.8. The summed E-state index contributed by atoms with van der Waals surface area (Å²) in [6.45, 7) is 0. The van der Waals surface area contributed by atoms with E-state index in [2.05, 4.69) is 9.97 Å². The molecule has 2 aromatic carbocycles. The first-order chi connectivity index (χ1) is 15.4. The SMILES string of the molecule is O=c1c2ncccc2ccn1-c1nc(-c2ccccc2)oc1-c1ccc(C(F)(F)F)cc1. The molecule has 0 spiro atoms. The predicted molar refractivity (Wildman–Crippen MR) is 113 cm³/mol. The highest BCUT2D eigenvalue weighted by Crippen LogP contribution is 2.35. The van der Waals surface area contributed by atoms with Crippen molar-refractivity contribution in [2.24, 2.45) is 0 Å². The van der Waals surface area contributed by atoms with Crippen LogP contribution in [-0.2, 0) is 6.18 Å². The Morgan fingerprint density at radius 2 is 1.59 bits per heavy atom. The third-order valence-electron chi connectivity index (χ3n) is 5.00. The van der Waals surface area contributed by atoms with Crippen molar-refractivity contribution < 1.29 is 17.6 Å². The smallest absolute Gasteiger partial charge is 0.416 e. The van der Waals surface area contributed by atoms with E-state index in [1.54, 1.807) is 36.5 Å². The van der Waals surface area contributed by atoms with E-state index in [0.29, 0.717) is 16.5 Å². The van der Waals surface area contributed by atoms with Gasteiger partial charge in [-0.1, -0.05) is 36.4 Å². The van der Waals surface area contributed by atoms with Gasteiger partial charge < -0.3 is 4.42 Å². The van der Waals surface area contributed by atoms with Crippen LogP contribution >= 0.6 is 0 Å². The summed E-state index contributed by atoms with van der Waals surface area (Å²) in [5.74, 6) is 0.583. The summed E-state index contributed by atoms with van der Waals surface area (Å²) in [6.07, 6.45) is -1.39. The van der Waals surface area contributed by atoms with Gasteiger partial charge in [0, 0.05) is 28.9 Å². The normalized spacial score (nSPS) is 11.7. The highest BCUT2D eigenvalue weighted by atomic mass is 19.4. The summed E-state index contributed by atoms with van der Waals surface area (Å²) in [6, 6.07) is 18.8. The van der Waals surface area contributed by atoms with Gasteiger partial charge in [0.2, 0.25) is 5.89 Å². The number of nitrogens with zero attached hydrogens (tertiary/aromatic N) is 3. The van der Waals surface area contributed by atoms with Gasteiger partial charge in [-0.3, -0.25) is 14.3 Å². The van der Waals surface area contributed by atoms with Crippen LogP contribution in [0.15, 0.2) is 94.4 Å². The molecule has 0 amide bonds. The second kappa shape index (κ2) is 7.49. The summed E-state index contributed by atoms with van der Waals surface area (Å²) >= 11 is 0. The first-order valence-corrected chi connectivity index (χ1v) is 9.62. The number of rotatable bonds is 3. The van der Waals surface area contributed by atoms with Gasteiger partial charge in [0.1, 0.15) is 5.52 Å². The Balaban J connectivity index is 1.73. The largest absolute Gasteiger partial charge is 0.434 e. The minimum absolute atomic E-state index is 0.168. The van der Waals surface area contributed by atoms with Crippen molar-refractivity contribution in [1.29, 1.82) is 0 Å². The highest BCUT2D eigenvalue weighted by molar-refractivity contribution is 5.78. The summed E-state index contributed by atoms with van der Waals surface area (Å²) in [5, 5.41) is 0.664. The quantitative estimate of drug-likeness (QED) is 0.365. The molecule has 0 aliphatic rings. The topological polar surface area (TPSA) is 60.9 Å². The van der Waals surface area contributed by atoms with Crippen molar-refractivity contribution in [3.05, 3.63) is 101 Å². The van der Waals surface area contributed by atoms with Crippen LogP contribution in [0.3, 0.4) is 0 Å². The van der Waals surface area contributed by atoms with Crippen molar-refractivity contribution in [2.45, 2.75) is 6.18 Å². The Morgan fingerprint density at radius 1 is 0.844 bits per heavy atom. The molecule has 0 aliphatic carbocycles. The van der Waals surface area contributed by atoms with Crippen LogP contribution in [0.2, 0.25) is 0 Å². The first kappa shape index (κ1) is 19.7. The zero-order valence-corrected chi connectivity index (χ0v) is 16.4. The maximum atomic E-state index is 13.1. The van der Waals surface area contributed by atoms with Gasteiger partial charge in [0.15, 0.2) is 11.6 Å². The van der Waals surface area contributed by atoms with Crippen molar-refractivity contribution in [1.82, 2.24) is 14.5 Å². The zero-order chi connectivity index (χ0) is 22.3. The molecule has 3 heterocycles. The van der Waals surface area contributed by atoms with Gasteiger partial charge in [-0.2, -0.15) is 18.2 Å². The van der Waals surface area contributed by atoms with Crippen LogP contribution in [0.25, 0.3) is 39.5 Å². The standard InChI is InChI=1S/C24H14F3N3O2/c25-24(26,27)18-10-8-16(9-11-18)20-21(29-22(32-20)17-5-2-1-3-6-17)30-14-12-15-7-4-13-28-19(15)23(30)31/h1-14H. The average Bonchev–Trinajstić information content (AvgIpc) is 3.25. The first-order valence-electron chi connectivity index (χ1n) is 9.62. The molecular weight excluding hydrogens is 419 g/mol. The molecule has 5 rings (SSSR count). The van der Waals surface area contributed by atoms with Crippen LogP contribution in [0.1, 0.15) is 5.56 Å². The van der Waals surface area contributed by atoms with E-state index >= 15 is 0 Å². The maximum absolute atomic E-state index is 13.1. The predicted octanol–water partition coefficient (Wildman–Crippen LogP) is 5.73. The molecule has 5 aromatic rings. The van der Waals surface area contributed by atoms with Gasteiger partial charge in [0.05, 0.1) is 5.56 Å². The Bertz CT molecular complexity index is 1470. The fourth-order valence-corrected chi connectivity index (χ4v) is 3.41. The summed E-state index contributed by atoms with van der Waals surface area (Å²) in [5.41, 5.74) is 0.0778. The molecule has 0 N–H and O–H groups in total. The Morgan fingerprint density at radius 3 is 2.31 bits per heavy atom. The van der Waals surface area contributed by atoms with Crippen LogP contribution in [0.5, 0.6) is 0 Å². The molecule has 32 heavy (non-hydrogen) atoms. The molecule has 0 aliphatic heterocycles. The van der Waals surface area contributed by atoms with Gasteiger partial charge in [0.25, 0.3) is 5.56 Å². The molecule has 0 fully saturated rings. The van der Waals surface area contributed by atoms with E-state index in [0.717, 1.165) is 12.1 Å². The van der Waals surface area contributed by atoms with Crippen LogP contribution < -0.4 is 5.56 Å². The maximum Gasteiger partial charge on any atom is 0.416 e. The molecule has 0 bridgehead atoms.